The second-order valence-electron chi connectivity index (χ2n) is 4.32. The van der Waals surface area contributed by atoms with Crippen LogP contribution in [0.15, 0.2) is 6.20 Å². The molecule has 0 aromatic carbocycles. The van der Waals surface area contributed by atoms with Gasteiger partial charge >= 0.3 is 0 Å². The molecule has 1 rings (SSSR count). The molecule has 0 saturated heterocycles. The summed E-state index contributed by atoms with van der Waals surface area (Å²) >= 11 is 0. The highest BCUT2D eigenvalue weighted by Crippen LogP contribution is 2.10. The van der Waals surface area contributed by atoms with Crippen molar-refractivity contribution in [2.24, 2.45) is 5.92 Å². The van der Waals surface area contributed by atoms with E-state index in [4.69, 9.17) is 0 Å². The van der Waals surface area contributed by atoms with Crippen LogP contribution < -0.4 is 0 Å². The minimum atomic E-state index is 0.0958. The van der Waals surface area contributed by atoms with Gasteiger partial charge in [-0.05, 0) is 19.3 Å². The number of ketones is 1. The fraction of sp³-hybridized carbons (Fsp3) is 0.727. The summed E-state index contributed by atoms with van der Waals surface area (Å²) in [5.74, 6) is 0.730. The Morgan fingerprint density at radius 2 is 2.13 bits per heavy atom. The fourth-order valence-electron chi connectivity index (χ4n) is 1.20. The lowest BCUT2D eigenvalue weighted by Crippen LogP contribution is -2.12. The molecule has 0 aliphatic rings. The molecule has 4 nitrogen and oxygen atoms in total. The second kappa shape index (κ2) is 5.05. The molecule has 0 aliphatic heterocycles. The lowest BCUT2D eigenvalue weighted by Gasteiger charge is -2.05. The van der Waals surface area contributed by atoms with Gasteiger partial charge in [0.2, 0.25) is 0 Å². The molecule has 1 aromatic heterocycles. The molecule has 1 heterocycles. The SMILES string of the molecule is CC(=O)C(C)CCn1ncc(C(C)C)n1. The van der Waals surface area contributed by atoms with Gasteiger partial charge in [-0.3, -0.25) is 4.79 Å². The van der Waals surface area contributed by atoms with Crippen LogP contribution in [-0.4, -0.2) is 20.8 Å². The van der Waals surface area contributed by atoms with Crippen molar-refractivity contribution < 1.29 is 4.79 Å². The first kappa shape index (κ1) is 11.9. The zero-order chi connectivity index (χ0) is 11.4. The van der Waals surface area contributed by atoms with Gasteiger partial charge in [0.25, 0.3) is 0 Å². The van der Waals surface area contributed by atoms with Crippen molar-refractivity contribution in [1.82, 2.24) is 15.0 Å². The summed E-state index contributed by atoms with van der Waals surface area (Å²) in [6.45, 7) is 8.46. The normalized spacial score (nSPS) is 13.1. The number of hydrogen-bond donors (Lipinski definition) is 0. The van der Waals surface area contributed by atoms with E-state index in [1.54, 1.807) is 17.9 Å². The second-order valence-corrected chi connectivity index (χ2v) is 4.32. The van der Waals surface area contributed by atoms with Gasteiger partial charge in [0.15, 0.2) is 0 Å². The lowest BCUT2D eigenvalue weighted by atomic mass is 10.0. The van der Waals surface area contributed by atoms with E-state index in [1.165, 1.54) is 0 Å². The summed E-state index contributed by atoms with van der Waals surface area (Å²) in [5, 5.41) is 8.50. The Bertz CT molecular complexity index is 330. The summed E-state index contributed by atoms with van der Waals surface area (Å²) in [7, 11) is 0. The van der Waals surface area contributed by atoms with Crippen molar-refractivity contribution in [1.29, 1.82) is 0 Å². The van der Waals surface area contributed by atoms with Gasteiger partial charge in [-0.2, -0.15) is 15.0 Å². The van der Waals surface area contributed by atoms with Gasteiger partial charge < -0.3 is 0 Å². The van der Waals surface area contributed by atoms with Crippen LogP contribution in [0.1, 0.15) is 45.7 Å². The van der Waals surface area contributed by atoms with Crippen LogP contribution in [0.3, 0.4) is 0 Å². The highest BCUT2D eigenvalue weighted by molar-refractivity contribution is 5.77. The Hall–Kier alpha value is -1.19. The number of aromatic nitrogens is 3. The number of carbonyl (C=O) groups is 1. The molecule has 0 aliphatic carbocycles. The Morgan fingerprint density at radius 1 is 1.47 bits per heavy atom. The summed E-state index contributed by atoms with van der Waals surface area (Å²) < 4.78 is 0. The van der Waals surface area contributed by atoms with Gasteiger partial charge in [-0.1, -0.05) is 20.8 Å². The first-order valence-corrected chi connectivity index (χ1v) is 5.41. The maximum absolute atomic E-state index is 11.0. The standard InChI is InChI=1S/C11H19N3O/c1-8(2)11-7-12-14(13-11)6-5-9(3)10(4)15/h7-9H,5-6H2,1-4H3. The number of rotatable bonds is 5. The monoisotopic (exact) mass is 209 g/mol. The number of hydrogen-bond acceptors (Lipinski definition) is 3. The highest BCUT2D eigenvalue weighted by Gasteiger charge is 2.09. The molecule has 1 aromatic rings. The molecular weight excluding hydrogens is 190 g/mol. The van der Waals surface area contributed by atoms with Gasteiger partial charge in [0.1, 0.15) is 5.78 Å². The Morgan fingerprint density at radius 3 is 2.60 bits per heavy atom. The molecule has 0 radical (unpaired) electrons. The maximum Gasteiger partial charge on any atom is 0.132 e. The van der Waals surface area contributed by atoms with Gasteiger partial charge in [-0.25, -0.2) is 0 Å². The van der Waals surface area contributed by atoms with Crippen LogP contribution in [0.25, 0.3) is 0 Å². The van der Waals surface area contributed by atoms with Crippen LogP contribution >= 0.6 is 0 Å². The van der Waals surface area contributed by atoms with Crippen LogP contribution in [0.5, 0.6) is 0 Å². The van der Waals surface area contributed by atoms with E-state index < -0.39 is 0 Å². The minimum Gasteiger partial charge on any atom is -0.300 e. The van der Waals surface area contributed by atoms with E-state index in [1.807, 2.05) is 6.92 Å². The molecule has 4 heteroatoms. The molecule has 0 N–H and O–H groups in total. The lowest BCUT2D eigenvalue weighted by molar-refractivity contribution is -0.120. The summed E-state index contributed by atoms with van der Waals surface area (Å²) in [6.07, 6.45) is 2.60. The summed E-state index contributed by atoms with van der Waals surface area (Å²) in [4.78, 5) is 12.7. The van der Waals surface area contributed by atoms with Crippen molar-refractivity contribution in [3.8, 4) is 0 Å². The first-order chi connectivity index (χ1) is 7.00. The van der Waals surface area contributed by atoms with E-state index >= 15 is 0 Å². The van der Waals surface area contributed by atoms with Gasteiger partial charge in [-0.15, -0.1) is 0 Å². The van der Waals surface area contributed by atoms with Crippen molar-refractivity contribution in [3.63, 3.8) is 0 Å². The minimum absolute atomic E-state index is 0.0958. The average Bonchev–Trinajstić information content (AvgIpc) is 2.62. The van der Waals surface area contributed by atoms with E-state index in [0.29, 0.717) is 12.5 Å². The summed E-state index contributed by atoms with van der Waals surface area (Å²) in [6, 6.07) is 0. The Balaban J connectivity index is 2.47. The number of aryl methyl sites for hydroxylation is 1. The van der Waals surface area contributed by atoms with Gasteiger partial charge in [0.05, 0.1) is 18.4 Å². The van der Waals surface area contributed by atoms with Crippen molar-refractivity contribution in [3.05, 3.63) is 11.9 Å². The fourth-order valence-corrected chi connectivity index (χ4v) is 1.20. The maximum atomic E-state index is 11.0. The third-order valence-corrected chi connectivity index (χ3v) is 2.60. The summed E-state index contributed by atoms with van der Waals surface area (Å²) in [5.41, 5.74) is 1.01. The molecule has 0 amide bonds. The largest absolute Gasteiger partial charge is 0.300 e. The van der Waals surface area contributed by atoms with E-state index in [0.717, 1.165) is 12.1 Å². The van der Waals surface area contributed by atoms with E-state index in [-0.39, 0.29) is 11.7 Å². The zero-order valence-corrected chi connectivity index (χ0v) is 9.90. The molecular formula is C11H19N3O. The third-order valence-electron chi connectivity index (χ3n) is 2.60. The molecule has 0 spiro atoms. The Labute approximate surface area is 90.7 Å². The van der Waals surface area contributed by atoms with Crippen molar-refractivity contribution in [2.75, 3.05) is 0 Å². The molecule has 15 heavy (non-hydrogen) atoms. The van der Waals surface area contributed by atoms with Gasteiger partial charge in [0, 0.05) is 5.92 Å². The Kier molecular flexibility index (Phi) is 4.00. The van der Waals surface area contributed by atoms with Crippen molar-refractivity contribution in [2.45, 2.75) is 46.6 Å². The average molecular weight is 209 g/mol. The van der Waals surface area contributed by atoms with Crippen LogP contribution in [0.4, 0.5) is 0 Å². The van der Waals surface area contributed by atoms with E-state index in [2.05, 4.69) is 24.0 Å². The smallest absolute Gasteiger partial charge is 0.132 e. The molecule has 0 saturated carbocycles. The number of carbonyl (C=O) groups excluding carboxylic acids is 1. The molecule has 0 fully saturated rings. The third kappa shape index (κ3) is 3.46. The number of nitrogens with zero attached hydrogens (tertiary/aromatic N) is 3. The first-order valence-electron chi connectivity index (χ1n) is 5.41. The predicted molar refractivity (Wildman–Crippen MR) is 58.6 cm³/mol. The van der Waals surface area contributed by atoms with Crippen LogP contribution in [0, 0.1) is 5.92 Å². The molecule has 0 bridgehead atoms. The molecule has 84 valence electrons. The molecule has 1 atom stereocenters. The molecule has 1 unspecified atom stereocenters. The number of Topliss-reactive ketones (excluding diaryl/α,β-unsaturated/α-hetero) is 1. The van der Waals surface area contributed by atoms with Crippen LogP contribution in [0.2, 0.25) is 0 Å². The zero-order valence-electron chi connectivity index (χ0n) is 9.90. The highest BCUT2D eigenvalue weighted by atomic mass is 16.1. The quantitative estimate of drug-likeness (QED) is 0.745. The topological polar surface area (TPSA) is 47.8 Å². The van der Waals surface area contributed by atoms with Crippen molar-refractivity contribution >= 4 is 5.78 Å². The van der Waals surface area contributed by atoms with Crippen LogP contribution in [-0.2, 0) is 11.3 Å². The van der Waals surface area contributed by atoms with E-state index in [9.17, 15) is 4.79 Å². The predicted octanol–water partition coefficient (Wildman–Crippen LogP) is 2.02.